The Balaban J connectivity index is 3.52. The third kappa shape index (κ3) is 49.4. The monoisotopic (exact) mass is 886 g/mol. The minimum Gasteiger partial charge on any atom is -0.466 e. The first-order valence-corrected chi connectivity index (χ1v) is 27.7. The second-order valence-electron chi connectivity index (χ2n) is 18.9. The molecule has 0 aliphatic carbocycles. The molecule has 0 aromatic heterocycles. The van der Waals surface area contributed by atoms with Crippen molar-refractivity contribution < 1.29 is 24.5 Å². The van der Waals surface area contributed by atoms with Crippen molar-refractivity contribution in [2.24, 2.45) is 0 Å². The van der Waals surface area contributed by atoms with Gasteiger partial charge in [0.2, 0.25) is 5.91 Å². The summed E-state index contributed by atoms with van der Waals surface area (Å²) in [5.41, 5.74) is 0. The Hall–Kier alpha value is -1.92. The topological polar surface area (TPSA) is 95.9 Å². The van der Waals surface area contributed by atoms with Crippen molar-refractivity contribution in [3.63, 3.8) is 0 Å². The van der Waals surface area contributed by atoms with E-state index in [4.69, 9.17) is 4.74 Å². The van der Waals surface area contributed by atoms with E-state index in [1.54, 1.807) is 0 Å². The quantitative estimate of drug-likeness (QED) is 0.0321. The number of nitrogens with one attached hydrogen (secondary N) is 1. The lowest BCUT2D eigenvalue weighted by molar-refractivity contribution is -0.143. The molecule has 0 aromatic carbocycles. The number of carbonyl (C=O) groups is 2. The van der Waals surface area contributed by atoms with Crippen LogP contribution in [-0.4, -0.2) is 47.4 Å². The third-order valence-electron chi connectivity index (χ3n) is 12.6. The fourth-order valence-electron chi connectivity index (χ4n) is 8.38. The molecular weight excluding hydrogens is 779 g/mol. The first-order chi connectivity index (χ1) is 31.0. The van der Waals surface area contributed by atoms with Gasteiger partial charge < -0.3 is 20.3 Å². The van der Waals surface area contributed by atoms with Gasteiger partial charge in [-0.3, -0.25) is 9.59 Å². The van der Waals surface area contributed by atoms with Crippen LogP contribution < -0.4 is 5.32 Å². The second kappa shape index (κ2) is 52.7. The molecule has 2 unspecified atom stereocenters. The van der Waals surface area contributed by atoms with Crippen molar-refractivity contribution in [2.45, 2.75) is 302 Å². The van der Waals surface area contributed by atoms with E-state index >= 15 is 0 Å². The average molecular weight is 886 g/mol. The minimum absolute atomic E-state index is 0.0513. The number of hydrogen-bond acceptors (Lipinski definition) is 5. The van der Waals surface area contributed by atoms with Crippen molar-refractivity contribution in [3.8, 4) is 0 Å². The number of hydrogen-bond donors (Lipinski definition) is 3. The normalized spacial score (nSPS) is 12.9. The molecule has 0 spiro atoms. The molecule has 0 rings (SSSR count). The van der Waals surface area contributed by atoms with E-state index in [-0.39, 0.29) is 18.5 Å². The van der Waals surface area contributed by atoms with Crippen molar-refractivity contribution in [1.29, 1.82) is 0 Å². The highest BCUT2D eigenvalue weighted by Gasteiger charge is 2.20. The second-order valence-corrected chi connectivity index (χ2v) is 18.9. The molecule has 1 amide bonds. The van der Waals surface area contributed by atoms with Crippen LogP contribution in [0.4, 0.5) is 0 Å². The van der Waals surface area contributed by atoms with E-state index in [0.29, 0.717) is 25.9 Å². The van der Waals surface area contributed by atoms with Crippen LogP contribution in [0.5, 0.6) is 0 Å². The van der Waals surface area contributed by atoms with Crippen molar-refractivity contribution in [2.75, 3.05) is 13.2 Å². The minimum atomic E-state index is -0.688. The van der Waals surface area contributed by atoms with Crippen LogP contribution in [0.25, 0.3) is 0 Å². The molecule has 6 nitrogen and oxygen atoms in total. The number of esters is 1. The summed E-state index contributed by atoms with van der Waals surface area (Å²) in [6.45, 7) is 4.80. The zero-order valence-corrected chi connectivity index (χ0v) is 42.1. The highest BCUT2D eigenvalue weighted by Crippen LogP contribution is 2.17. The first-order valence-electron chi connectivity index (χ1n) is 27.7. The average Bonchev–Trinajstić information content (AvgIpc) is 3.28. The summed E-state index contributed by atoms with van der Waals surface area (Å²) in [4.78, 5) is 24.5. The summed E-state index contributed by atoms with van der Waals surface area (Å²) >= 11 is 0. The number of amides is 1. The largest absolute Gasteiger partial charge is 0.466 e. The number of allylic oxidation sites excluding steroid dienone is 6. The molecule has 63 heavy (non-hydrogen) atoms. The number of ether oxygens (including phenoxy) is 1. The fraction of sp³-hybridized carbons (Fsp3) is 0.860. The maximum Gasteiger partial charge on any atom is 0.305 e. The highest BCUT2D eigenvalue weighted by atomic mass is 16.5. The molecule has 6 heteroatoms. The Bertz CT molecular complexity index is 1020. The van der Waals surface area contributed by atoms with Gasteiger partial charge >= 0.3 is 5.97 Å². The molecule has 0 radical (unpaired) electrons. The van der Waals surface area contributed by atoms with Crippen molar-refractivity contribution in [1.82, 2.24) is 5.32 Å². The predicted octanol–water partition coefficient (Wildman–Crippen LogP) is 16.9. The SMILES string of the molecule is CCC/C=C\C/C=C\CCCCCCCC(=O)OCCCC/C=C\CCCCCCC(=O)NC(CO)C(O)CCCCCCCCCCCCCCCCCCCCCCCCC. The lowest BCUT2D eigenvalue weighted by atomic mass is 10.0. The molecule has 0 heterocycles. The highest BCUT2D eigenvalue weighted by molar-refractivity contribution is 5.76. The molecule has 0 aliphatic rings. The van der Waals surface area contributed by atoms with Crippen LogP contribution in [0.15, 0.2) is 36.5 Å². The van der Waals surface area contributed by atoms with E-state index in [0.717, 1.165) is 89.9 Å². The summed E-state index contributed by atoms with van der Waals surface area (Å²) in [6, 6.07) is -0.569. The van der Waals surface area contributed by atoms with Gasteiger partial charge in [-0.1, -0.05) is 237 Å². The smallest absolute Gasteiger partial charge is 0.305 e. The van der Waals surface area contributed by atoms with Gasteiger partial charge in [0.1, 0.15) is 0 Å². The molecule has 370 valence electrons. The van der Waals surface area contributed by atoms with Gasteiger partial charge in [0.25, 0.3) is 0 Å². The number of aliphatic hydroxyl groups excluding tert-OH is 2. The molecule has 0 aromatic rings. The maximum atomic E-state index is 12.5. The van der Waals surface area contributed by atoms with Gasteiger partial charge in [-0.05, 0) is 77.0 Å². The van der Waals surface area contributed by atoms with Crippen LogP contribution in [0.1, 0.15) is 290 Å². The lowest BCUT2D eigenvalue weighted by Gasteiger charge is -2.22. The zero-order chi connectivity index (χ0) is 45.8. The predicted molar refractivity (Wildman–Crippen MR) is 273 cm³/mol. The molecule has 0 bridgehead atoms. The maximum absolute atomic E-state index is 12.5. The summed E-state index contributed by atoms with van der Waals surface area (Å²) < 4.78 is 5.42. The van der Waals surface area contributed by atoms with Gasteiger partial charge in [0.05, 0.1) is 25.4 Å². The number of aliphatic hydroxyl groups is 2. The van der Waals surface area contributed by atoms with E-state index < -0.39 is 12.1 Å². The van der Waals surface area contributed by atoms with Crippen molar-refractivity contribution in [3.05, 3.63) is 36.5 Å². The molecule has 3 N–H and O–H groups in total. The lowest BCUT2D eigenvalue weighted by Crippen LogP contribution is -2.45. The van der Waals surface area contributed by atoms with Gasteiger partial charge in [0.15, 0.2) is 0 Å². The van der Waals surface area contributed by atoms with Gasteiger partial charge in [-0.25, -0.2) is 0 Å². The number of rotatable bonds is 51. The standard InChI is InChI=1S/C57H107NO5/c1-3-5-7-9-11-13-15-17-18-19-20-21-22-23-24-25-26-28-29-33-37-41-45-49-55(60)54(53-59)58-56(61)50-46-42-38-34-31-32-36-40-44-48-52-63-57(62)51-47-43-39-35-30-27-16-14-12-10-8-6-4-2/h8,10,14,16,32,36,54-55,59-60H,3-7,9,11-13,15,17-31,33-35,37-53H2,1-2H3,(H,58,61)/b10-8-,16-14-,36-32-. The van der Waals surface area contributed by atoms with Gasteiger partial charge in [-0.15, -0.1) is 0 Å². The van der Waals surface area contributed by atoms with E-state index in [1.165, 1.54) is 167 Å². The van der Waals surface area contributed by atoms with Crippen LogP contribution in [-0.2, 0) is 14.3 Å². The van der Waals surface area contributed by atoms with E-state index in [1.807, 2.05) is 0 Å². The summed E-state index contributed by atoms with van der Waals surface area (Å²) in [6.07, 6.45) is 64.2. The molecule has 2 atom stereocenters. The number of carbonyl (C=O) groups excluding carboxylic acids is 2. The fourth-order valence-corrected chi connectivity index (χ4v) is 8.38. The molecule has 0 saturated heterocycles. The summed E-state index contributed by atoms with van der Waals surface area (Å²) in [5, 5.41) is 23.3. The molecular formula is C57H107NO5. The van der Waals surface area contributed by atoms with E-state index in [2.05, 4.69) is 55.6 Å². The van der Waals surface area contributed by atoms with Crippen LogP contribution >= 0.6 is 0 Å². The Morgan fingerprint density at radius 3 is 1.29 bits per heavy atom. The van der Waals surface area contributed by atoms with Crippen LogP contribution in [0.3, 0.4) is 0 Å². The Morgan fingerprint density at radius 2 is 0.825 bits per heavy atom. The third-order valence-corrected chi connectivity index (χ3v) is 12.6. The van der Waals surface area contributed by atoms with E-state index in [9.17, 15) is 19.8 Å². The van der Waals surface area contributed by atoms with Crippen LogP contribution in [0.2, 0.25) is 0 Å². The zero-order valence-electron chi connectivity index (χ0n) is 42.1. The van der Waals surface area contributed by atoms with Crippen molar-refractivity contribution >= 4 is 11.9 Å². The Labute approximate surface area is 392 Å². The Morgan fingerprint density at radius 1 is 0.444 bits per heavy atom. The summed E-state index contributed by atoms with van der Waals surface area (Å²) in [5.74, 6) is -0.122. The van der Waals surface area contributed by atoms with Gasteiger partial charge in [0, 0.05) is 12.8 Å². The number of unbranched alkanes of at least 4 members (excludes halogenated alkanes) is 34. The van der Waals surface area contributed by atoms with Gasteiger partial charge in [-0.2, -0.15) is 0 Å². The summed E-state index contributed by atoms with van der Waals surface area (Å²) in [7, 11) is 0. The molecule has 0 aliphatic heterocycles. The Kier molecular flexibility index (Phi) is 51.1. The van der Waals surface area contributed by atoms with Crippen LogP contribution in [0, 0.1) is 0 Å². The molecule has 0 saturated carbocycles. The first kappa shape index (κ1) is 61.1. The molecule has 0 fully saturated rings.